The smallest absolute Gasteiger partial charge is 0.200 e. The molecule has 5 nitrogen and oxygen atoms in total. The van der Waals surface area contributed by atoms with E-state index in [1.165, 1.54) is 10.5 Å². The minimum absolute atomic E-state index is 0.118. The van der Waals surface area contributed by atoms with E-state index in [1.807, 2.05) is 12.4 Å². The SMILES string of the molecule is CN(CCc1ccsc1)C(=N)N(C)C(=N)N. The molecule has 4 N–H and O–H groups in total. The fourth-order valence-electron chi connectivity index (χ4n) is 1.21. The third-order valence-corrected chi connectivity index (χ3v) is 3.09. The van der Waals surface area contributed by atoms with Crippen LogP contribution in [0.2, 0.25) is 0 Å². The van der Waals surface area contributed by atoms with Gasteiger partial charge in [-0.05, 0) is 28.8 Å². The number of nitrogens with zero attached hydrogens (tertiary/aromatic N) is 2. The topological polar surface area (TPSA) is 80.2 Å². The zero-order valence-corrected chi connectivity index (χ0v) is 10.3. The first-order valence-electron chi connectivity index (χ1n) is 4.91. The summed E-state index contributed by atoms with van der Waals surface area (Å²) >= 11 is 1.67. The Balaban J connectivity index is 2.43. The summed E-state index contributed by atoms with van der Waals surface area (Å²) in [6.45, 7) is 0.743. The van der Waals surface area contributed by atoms with E-state index in [4.69, 9.17) is 16.6 Å². The van der Waals surface area contributed by atoms with Gasteiger partial charge < -0.3 is 10.6 Å². The van der Waals surface area contributed by atoms with Crippen LogP contribution >= 0.6 is 11.3 Å². The van der Waals surface area contributed by atoms with E-state index in [0.717, 1.165) is 13.0 Å². The van der Waals surface area contributed by atoms with Crippen molar-refractivity contribution in [2.45, 2.75) is 6.42 Å². The molecule has 0 aliphatic heterocycles. The van der Waals surface area contributed by atoms with Crippen LogP contribution in [0.5, 0.6) is 0 Å². The first-order valence-corrected chi connectivity index (χ1v) is 5.85. The van der Waals surface area contributed by atoms with Crippen LogP contribution in [0, 0.1) is 10.8 Å². The molecule has 1 heterocycles. The van der Waals surface area contributed by atoms with Crippen molar-refractivity contribution in [1.29, 1.82) is 10.8 Å². The lowest BCUT2D eigenvalue weighted by molar-refractivity contribution is 0.449. The number of guanidine groups is 2. The van der Waals surface area contributed by atoms with Crippen LogP contribution in [0.3, 0.4) is 0 Å². The average Bonchev–Trinajstić information content (AvgIpc) is 2.76. The van der Waals surface area contributed by atoms with Crippen molar-refractivity contribution in [2.75, 3.05) is 20.6 Å². The lowest BCUT2D eigenvalue weighted by atomic mass is 10.2. The van der Waals surface area contributed by atoms with Gasteiger partial charge in [0, 0.05) is 20.6 Å². The summed E-state index contributed by atoms with van der Waals surface area (Å²) in [4.78, 5) is 3.12. The molecule has 0 aromatic carbocycles. The van der Waals surface area contributed by atoms with E-state index in [0.29, 0.717) is 0 Å². The third kappa shape index (κ3) is 3.23. The zero-order chi connectivity index (χ0) is 12.1. The van der Waals surface area contributed by atoms with Gasteiger partial charge in [0.15, 0.2) is 11.9 Å². The summed E-state index contributed by atoms with van der Waals surface area (Å²) in [5, 5.41) is 19.2. The molecule has 0 fully saturated rings. The van der Waals surface area contributed by atoms with Crippen LogP contribution in [-0.2, 0) is 6.42 Å². The second kappa shape index (κ2) is 5.50. The molecule has 0 bridgehead atoms. The van der Waals surface area contributed by atoms with Crippen LogP contribution < -0.4 is 5.73 Å². The summed E-state index contributed by atoms with van der Waals surface area (Å²) in [7, 11) is 3.44. The molecule has 0 saturated carbocycles. The Bertz CT molecular complexity index is 359. The van der Waals surface area contributed by atoms with Crippen molar-refractivity contribution in [3.63, 3.8) is 0 Å². The quantitative estimate of drug-likeness (QED) is 0.543. The molecule has 0 amide bonds. The van der Waals surface area contributed by atoms with Gasteiger partial charge in [0.25, 0.3) is 0 Å². The number of nitrogens with two attached hydrogens (primary N) is 1. The molecule has 6 heteroatoms. The Labute approximate surface area is 99.5 Å². The Morgan fingerprint density at radius 1 is 1.44 bits per heavy atom. The minimum Gasteiger partial charge on any atom is -0.370 e. The molecule has 0 spiro atoms. The maximum absolute atomic E-state index is 7.79. The molecule has 0 atom stereocenters. The Kier molecular flexibility index (Phi) is 4.30. The van der Waals surface area contributed by atoms with Gasteiger partial charge in [0.2, 0.25) is 0 Å². The van der Waals surface area contributed by atoms with E-state index in [-0.39, 0.29) is 11.9 Å². The van der Waals surface area contributed by atoms with E-state index in [9.17, 15) is 0 Å². The maximum Gasteiger partial charge on any atom is 0.200 e. The summed E-state index contributed by atoms with van der Waals surface area (Å²) in [6, 6.07) is 2.08. The molecule has 0 unspecified atom stereocenters. The molecule has 0 aliphatic rings. The van der Waals surface area contributed by atoms with Crippen molar-refractivity contribution in [3.8, 4) is 0 Å². The minimum atomic E-state index is -0.118. The predicted octanol–water partition coefficient (Wildman–Crippen LogP) is 0.982. The highest BCUT2D eigenvalue weighted by Crippen LogP contribution is 2.07. The highest BCUT2D eigenvalue weighted by Gasteiger charge is 2.11. The highest BCUT2D eigenvalue weighted by atomic mass is 32.1. The van der Waals surface area contributed by atoms with E-state index in [1.54, 1.807) is 23.3 Å². The van der Waals surface area contributed by atoms with E-state index in [2.05, 4.69) is 11.4 Å². The summed E-state index contributed by atoms with van der Waals surface area (Å²) in [6.07, 6.45) is 0.897. The fourth-order valence-corrected chi connectivity index (χ4v) is 1.91. The van der Waals surface area contributed by atoms with Crippen LogP contribution in [0.4, 0.5) is 0 Å². The lowest BCUT2D eigenvalue weighted by Gasteiger charge is -2.26. The number of hydrogen-bond donors (Lipinski definition) is 3. The fraction of sp³-hybridized carbons (Fsp3) is 0.400. The van der Waals surface area contributed by atoms with Crippen molar-refractivity contribution in [3.05, 3.63) is 22.4 Å². The van der Waals surface area contributed by atoms with Gasteiger partial charge in [-0.15, -0.1) is 0 Å². The van der Waals surface area contributed by atoms with Gasteiger partial charge in [0.05, 0.1) is 0 Å². The Morgan fingerprint density at radius 3 is 2.62 bits per heavy atom. The Morgan fingerprint density at radius 2 is 2.12 bits per heavy atom. The molecule has 16 heavy (non-hydrogen) atoms. The van der Waals surface area contributed by atoms with Gasteiger partial charge in [-0.25, -0.2) is 0 Å². The standard InChI is InChI=1S/C10H17N5S/c1-14(10(13)15(2)9(11)12)5-3-8-4-6-16-7-8/h4,6-7,13H,3,5H2,1-2H3,(H3,11,12). The first kappa shape index (κ1) is 12.5. The summed E-state index contributed by atoms with van der Waals surface area (Å²) in [5.74, 6) is 0.120. The second-order valence-corrected chi connectivity index (χ2v) is 4.35. The number of nitrogens with one attached hydrogen (secondary N) is 2. The molecular formula is C10H17N5S. The molecule has 1 aromatic rings. The van der Waals surface area contributed by atoms with Gasteiger partial charge >= 0.3 is 0 Å². The van der Waals surface area contributed by atoms with Crippen molar-refractivity contribution in [2.24, 2.45) is 5.73 Å². The molecule has 0 radical (unpaired) electrons. The highest BCUT2D eigenvalue weighted by molar-refractivity contribution is 7.07. The largest absolute Gasteiger partial charge is 0.370 e. The van der Waals surface area contributed by atoms with Gasteiger partial charge in [-0.3, -0.25) is 15.7 Å². The Hall–Kier alpha value is -1.56. The van der Waals surface area contributed by atoms with Crippen LogP contribution in [0.1, 0.15) is 5.56 Å². The molecule has 88 valence electrons. The normalized spacial score (nSPS) is 9.88. The summed E-state index contributed by atoms with van der Waals surface area (Å²) in [5.41, 5.74) is 6.58. The van der Waals surface area contributed by atoms with Gasteiger partial charge in [0.1, 0.15) is 0 Å². The predicted molar refractivity (Wildman–Crippen MR) is 68.1 cm³/mol. The van der Waals surface area contributed by atoms with Crippen molar-refractivity contribution in [1.82, 2.24) is 9.80 Å². The van der Waals surface area contributed by atoms with Gasteiger partial charge in [-0.1, -0.05) is 0 Å². The average molecular weight is 239 g/mol. The number of hydrogen-bond acceptors (Lipinski definition) is 3. The molecule has 1 rings (SSSR count). The molecular weight excluding hydrogens is 222 g/mol. The van der Waals surface area contributed by atoms with Crippen molar-refractivity contribution < 1.29 is 0 Å². The van der Waals surface area contributed by atoms with Crippen LogP contribution in [0.25, 0.3) is 0 Å². The molecule has 0 aliphatic carbocycles. The lowest BCUT2D eigenvalue weighted by Crippen LogP contribution is -2.46. The van der Waals surface area contributed by atoms with E-state index >= 15 is 0 Å². The zero-order valence-electron chi connectivity index (χ0n) is 9.53. The van der Waals surface area contributed by atoms with Crippen LogP contribution in [0.15, 0.2) is 16.8 Å². The van der Waals surface area contributed by atoms with E-state index < -0.39 is 0 Å². The molecule has 0 saturated heterocycles. The van der Waals surface area contributed by atoms with Crippen LogP contribution in [-0.4, -0.2) is 42.4 Å². The number of rotatable bonds is 3. The third-order valence-electron chi connectivity index (χ3n) is 2.36. The number of likely N-dealkylation sites (N-methyl/N-ethyl adjacent to an activating group) is 1. The van der Waals surface area contributed by atoms with Crippen molar-refractivity contribution >= 4 is 23.3 Å². The monoisotopic (exact) mass is 239 g/mol. The maximum atomic E-state index is 7.79. The number of thiophene rings is 1. The second-order valence-electron chi connectivity index (χ2n) is 3.57. The molecule has 1 aromatic heterocycles. The first-order chi connectivity index (χ1) is 7.52. The summed E-state index contributed by atoms with van der Waals surface area (Å²) < 4.78 is 0. The van der Waals surface area contributed by atoms with Gasteiger partial charge in [-0.2, -0.15) is 11.3 Å².